The molecule has 308 valence electrons. The highest BCUT2D eigenvalue weighted by Gasteiger charge is 2.21. The zero-order valence-electron chi connectivity index (χ0n) is 34.6. The van der Waals surface area contributed by atoms with Crippen molar-refractivity contribution in [2.45, 2.75) is 209 Å². The first-order valence-corrected chi connectivity index (χ1v) is 20.2. The van der Waals surface area contributed by atoms with E-state index in [1.165, 1.54) is 99.3 Å². The van der Waals surface area contributed by atoms with Crippen LogP contribution in [0.2, 0.25) is 0 Å². The van der Waals surface area contributed by atoms with E-state index in [2.05, 4.69) is 55.4 Å². The van der Waals surface area contributed by atoms with Gasteiger partial charge in [-0.2, -0.15) is 0 Å². The molecule has 4 aliphatic rings. The maximum absolute atomic E-state index is 11.3. The second-order valence-corrected chi connectivity index (χ2v) is 14.6. The van der Waals surface area contributed by atoms with Crippen molar-refractivity contribution in [3.05, 3.63) is 44.6 Å². The van der Waals surface area contributed by atoms with Crippen molar-refractivity contribution >= 4 is 23.1 Å². The van der Waals surface area contributed by atoms with Crippen LogP contribution in [-0.2, 0) is 19.2 Å². The quantitative estimate of drug-likeness (QED) is 0.125. The predicted molar refractivity (Wildman–Crippen MR) is 212 cm³/mol. The molecule has 5 nitrogen and oxygen atoms in total. The molecule has 0 fully saturated rings. The summed E-state index contributed by atoms with van der Waals surface area (Å²) in [5, 5.41) is 5.50. The minimum absolute atomic E-state index is 0. The fourth-order valence-electron chi connectivity index (χ4n) is 6.98. The second-order valence-electron chi connectivity index (χ2n) is 14.6. The van der Waals surface area contributed by atoms with Gasteiger partial charge in [-0.1, -0.05) is 106 Å². The van der Waals surface area contributed by atoms with E-state index in [1.807, 2.05) is 0 Å². The van der Waals surface area contributed by atoms with Crippen LogP contribution in [0.25, 0.3) is 0 Å². The largest absolute Gasteiger partial charge is 0.295 e. The molecule has 0 bridgehead atoms. The molecule has 0 aromatic heterocycles. The second kappa shape index (κ2) is 35.0. The average molecular weight is 759 g/mol. The van der Waals surface area contributed by atoms with E-state index < -0.39 is 0 Å². The Morgan fingerprint density at radius 2 is 0.547 bits per heavy atom. The van der Waals surface area contributed by atoms with Gasteiger partial charge < -0.3 is 0 Å². The van der Waals surface area contributed by atoms with Gasteiger partial charge in [0.1, 0.15) is 0 Å². The Hall–Kier alpha value is -2.68. The SMILES string of the molecule is CCCCCC1=C(C)CCC1=O.CCCCCC1=C(C)CCC1=O.CCCCCC1=C(C)CCC1=O.CCCCCC1=C(C)CCC1=O.F.FF.OF. The summed E-state index contributed by atoms with van der Waals surface area (Å²) in [6.07, 6.45) is 26.0. The summed E-state index contributed by atoms with van der Waals surface area (Å²) in [7, 11) is 0. The Bertz CT molecular complexity index is 1010. The number of allylic oxidation sites excluding steroid dienone is 8. The third-order valence-electron chi connectivity index (χ3n) is 10.4. The van der Waals surface area contributed by atoms with E-state index in [4.69, 9.17) is 19.0 Å². The molecule has 9 heteroatoms. The van der Waals surface area contributed by atoms with Crippen LogP contribution in [0.5, 0.6) is 0 Å². The number of unbranched alkanes of at least 4 members (excludes halogenated alkanes) is 8. The zero-order chi connectivity index (χ0) is 39.9. The van der Waals surface area contributed by atoms with Gasteiger partial charge in [0.15, 0.2) is 23.1 Å². The molecule has 4 rings (SSSR count). The molecule has 0 radical (unpaired) electrons. The van der Waals surface area contributed by atoms with E-state index in [9.17, 15) is 19.2 Å². The molecule has 0 spiro atoms. The van der Waals surface area contributed by atoms with Gasteiger partial charge in [0.25, 0.3) is 0 Å². The summed E-state index contributed by atoms with van der Waals surface area (Å²) in [6.45, 7) is 17.2. The number of carbonyl (C=O) groups is 4. The van der Waals surface area contributed by atoms with Gasteiger partial charge in [-0.15, -0.1) is 0 Å². The first-order chi connectivity index (χ1) is 25.0. The molecule has 0 heterocycles. The Morgan fingerprint density at radius 1 is 0.377 bits per heavy atom. The molecule has 0 aliphatic heterocycles. The highest BCUT2D eigenvalue weighted by Crippen LogP contribution is 2.29. The first kappa shape index (κ1) is 54.7. The number of hydrogen-bond acceptors (Lipinski definition) is 5. The Morgan fingerprint density at radius 3 is 0.660 bits per heavy atom. The molecule has 0 saturated carbocycles. The molecule has 1 N–H and O–H groups in total. The minimum Gasteiger partial charge on any atom is -0.295 e. The van der Waals surface area contributed by atoms with Crippen LogP contribution in [0.15, 0.2) is 44.6 Å². The molecule has 53 heavy (non-hydrogen) atoms. The Labute approximate surface area is 319 Å². The molecule has 0 amide bonds. The lowest BCUT2D eigenvalue weighted by Crippen LogP contribution is -1.96. The highest BCUT2D eigenvalue weighted by molar-refractivity contribution is 5.99. The van der Waals surface area contributed by atoms with E-state index in [1.54, 1.807) is 0 Å². The maximum atomic E-state index is 11.3. The number of Topliss-reactive ketones (excluding diaryl/α,β-unsaturated/α-hetero) is 4. The van der Waals surface area contributed by atoms with Crippen LogP contribution >= 0.6 is 0 Å². The first-order valence-electron chi connectivity index (χ1n) is 20.2. The number of carbonyl (C=O) groups excluding carboxylic acids is 4. The van der Waals surface area contributed by atoms with Gasteiger partial charge in [0.2, 0.25) is 0 Å². The molecule has 0 saturated heterocycles. The van der Waals surface area contributed by atoms with E-state index in [-0.39, 0.29) is 4.70 Å². The van der Waals surface area contributed by atoms with Gasteiger partial charge in [0, 0.05) is 34.8 Å². The van der Waals surface area contributed by atoms with Crippen molar-refractivity contribution < 1.29 is 42.9 Å². The smallest absolute Gasteiger partial charge is 0.159 e. The monoisotopic (exact) mass is 759 g/mol. The summed E-state index contributed by atoms with van der Waals surface area (Å²) in [6, 6.07) is 0. The lowest BCUT2D eigenvalue weighted by molar-refractivity contribution is -0.115. The van der Waals surface area contributed by atoms with Gasteiger partial charge in [0.05, 0.1) is 0 Å². The number of ketones is 4. The molecule has 0 atom stereocenters. The highest BCUT2D eigenvalue weighted by atomic mass is 20.0. The maximum Gasteiger partial charge on any atom is 0.159 e. The number of halogens is 4. The van der Waals surface area contributed by atoms with Crippen LogP contribution in [0.3, 0.4) is 0 Å². The molecule has 0 unspecified atom stereocenters. The number of rotatable bonds is 16. The Balaban J connectivity index is -0.000000605. The molecule has 0 aromatic rings. The van der Waals surface area contributed by atoms with Crippen LogP contribution < -0.4 is 0 Å². The Kier molecular flexibility index (Phi) is 36.1. The van der Waals surface area contributed by atoms with Crippen molar-refractivity contribution in [2.75, 3.05) is 0 Å². The van der Waals surface area contributed by atoms with E-state index in [0.717, 1.165) is 99.3 Å². The van der Waals surface area contributed by atoms with Crippen molar-refractivity contribution in [1.29, 1.82) is 0 Å². The van der Waals surface area contributed by atoms with Gasteiger partial charge in [-0.05, 0) is 127 Å². The molecule has 0 aromatic carbocycles. The van der Waals surface area contributed by atoms with Crippen LogP contribution in [0.4, 0.5) is 18.4 Å². The van der Waals surface area contributed by atoms with Crippen molar-refractivity contribution in [2.24, 2.45) is 0 Å². The van der Waals surface area contributed by atoms with Crippen molar-refractivity contribution in [3.63, 3.8) is 0 Å². The van der Waals surface area contributed by atoms with Gasteiger partial charge >= 0.3 is 0 Å². The lowest BCUT2D eigenvalue weighted by Gasteiger charge is -2.00. The lowest BCUT2D eigenvalue weighted by atomic mass is 10.0. The summed E-state index contributed by atoms with van der Waals surface area (Å²) >= 11 is 0. The zero-order valence-corrected chi connectivity index (χ0v) is 34.6. The predicted octanol–water partition coefficient (Wildman–Crippen LogP) is 13.8. The van der Waals surface area contributed by atoms with Crippen LogP contribution in [0.1, 0.15) is 209 Å². The summed E-state index contributed by atoms with van der Waals surface area (Å²) < 4.78 is 24.5. The average Bonchev–Trinajstić information content (AvgIpc) is 3.87. The van der Waals surface area contributed by atoms with Crippen molar-refractivity contribution in [3.8, 4) is 0 Å². The molecular weight excluding hydrogens is 684 g/mol. The van der Waals surface area contributed by atoms with E-state index in [0.29, 0.717) is 23.1 Å². The van der Waals surface area contributed by atoms with Crippen molar-refractivity contribution in [1.82, 2.24) is 0 Å². The number of hydrogen-bond donors (Lipinski definition) is 1. The summed E-state index contributed by atoms with van der Waals surface area (Å²) in [4.78, 5) is 45.3. The van der Waals surface area contributed by atoms with Crippen LogP contribution in [-0.4, -0.2) is 28.4 Å². The normalized spacial score (nSPS) is 16.2. The summed E-state index contributed by atoms with van der Waals surface area (Å²) in [5.41, 5.74) is 9.94. The van der Waals surface area contributed by atoms with Crippen LogP contribution in [0, 0.1) is 0 Å². The standard InChI is InChI=1S/4C11H18O.F2.FHO.FH/c4*1-3-4-5-6-10-9(2)7-8-11(10)12;2*1-2;/h4*3-8H2,1-2H3;;2H;1H. The molecule has 4 aliphatic carbocycles. The third kappa shape index (κ3) is 23.0. The van der Waals surface area contributed by atoms with Gasteiger partial charge in [-0.25, -0.2) is 5.31 Å². The fraction of sp³-hybridized carbons (Fsp3) is 0.727. The summed E-state index contributed by atoms with van der Waals surface area (Å²) in [5.74, 6) is 1.62. The van der Waals surface area contributed by atoms with E-state index >= 15 is 0 Å². The topological polar surface area (TPSA) is 88.5 Å². The van der Waals surface area contributed by atoms with Gasteiger partial charge in [-0.3, -0.25) is 23.9 Å². The molecular formula is C44H74F4O5. The fourth-order valence-corrected chi connectivity index (χ4v) is 6.98. The third-order valence-corrected chi connectivity index (χ3v) is 10.4. The minimum atomic E-state index is 0.